The molecule has 0 radical (unpaired) electrons. The molecule has 0 saturated carbocycles. The molecular weight excluding hydrogens is 382 g/mol. The van der Waals surface area contributed by atoms with Crippen LogP contribution in [-0.2, 0) is 4.79 Å². The lowest BCUT2D eigenvalue weighted by Gasteiger charge is -2.25. The number of ketones is 1. The fourth-order valence-electron chi connectivity index (χ4n) is 3.24. The predicted molar refractivity (Wildman–Crippen MR) is 107 cm³/mol. The molecule has 2 aromatic carbocycles. The second-order valence-corrected chi connectivity index (χ2v) is 7.09. The van der Waals surface area contributed by atoms with Gasteiger partial charge in [0.2, 0.25) is 5.91 Å². The van der Waals surface area contributed by atoms with Crippen LogP contribution in [0.15, 0.2) is 42.5 Å². The van der Waals surface area contributed by atoms with Gasteiger partial charge in [0.05, 0.1) is 27.7 Å². The third-order valence-electron chi connectivity index (χ3n) is 4.67. The summed E-state index contributed by atoms with van der Waals surface area (Å²) in [6.45, 7) is 1.94. The Kier molecular flexibility index (Phi) is 6.38. The Bertz CT molecular complexity index is 910. The highest BCUT2D eigenvalue weighted by molar-refractivity contribution is 6.35. The maximum atomic E-state index is 13.0. The average molecular weight is 402 g/mol. The fraction of sp³-hybridized carbons (Fsp3) is 0.300. The zero-order valence-corrected chi connectivity index (χ0v) is 15.9. The first-order chi connectivity index (χ1) is 13.5. The van der Waals surface area contributed by atoms with Gasteiger partial charge in [-0.1, -0.05) is 30.2 Å². The summed E-state index contributed by atoms with van der Waals surface area (Å²) in [6, 6.07) is 10.3. The van der Waals surface area contributed by atoms with Crippen LogP contribution < -0.4 is 5.32 Å². The Morgan fingerprint density at radius 2 is 1.79 bits per heavy atom. The summed E-state index contributed by atoms with van der Waals surface area (Å²) in [5.74, 6) is -0.744. The molecule has 1 aliphatic rings. The highest BCUT2D eigenvalue weighted by Gasteiger charge is 2.22. The molecule has 1 amide bonds. The molecule has 1 heterocycles. The number of piperidine rings is 1. The van der Waals surface area contributed by atoms with Crippen molar-refractivity contribution in [1.29, 1.82) is 0 Å². The number of halogens is 1. The molecule has 28 heavy (non-hydrogen) atoms. The summed E-state index contributed by atoms with van der Waals surface area (Å²) in [7, 11) is 0. The van der Waals surface area contributed by atoms with Gasteiger partial charge in [0.15, 0.2) is 5.78 Å². The molecule has 3 rings (SSSR count). The Morgan fingerprint density at radius 1 is 1.07 bits per heavy atom. The van der Waals surface area contributed by atoms with Crippen molar-refractivity contribution in [1.82, 2.24) is 4.90 Å². The van der Waals surface area contributed by atoms with Gasteiger partial charge in [0, 0.05) is 17.7 Å². The SMILES string of the molecule is O=C(CN1CCCCC1)Nc1ccc([N+](=O)[O-])cc1C(=O)c1ccccc1Cl. The number of rotatable bonds is 6. The second-order valence-electron chi connectivity index (χ2n) is 6.68. The van der Waals surface area contributed by atoms with Gasteiger partial charge in [-0.25, -0.2) is 0 Å². The normalized spacial score (nSPS) is 14.5. The lowest BCUT2D eigenvalue weighted by Crippen LogP contribution is -2.37. The molecule has 1 saturated heterocycles. The monoisotopic (exact) mass is 401 g/mol. The Morgan fingerprint density at radius 3 is 2.46 bits per heavy atom. The molecule has 0 aromatic heterocycles. The molecule has 8 heteroatoms. The molecule has 1 fully saturated rings. The summed E-state index contributed by atoms with van der Waals surface area (Å²) in [6.07, 6.45) is 3.28. The van der Waals surface area contributed by atoms with Crippen LogP contribution in [-0.4, -0.2) is 41.1 Å². The standard InChI is InChI=1S/C20H20ClN3O4/c21-17-7-3-2-6-15(17)20(26)16-12-14(24(27)28)8-9-18(16)22-19(25)13-23-10-4-1-5-11-23/h2-3,6-9,12H,1,4-5,10-11,13H2,(H,22,25). The molecule has 2 aromatic rings. The third kappa shape index (κ3) is 4.74. The Labute approximate surface area is 167 Å². The van der Waals surface area contributed by atoms with Gasteiger partial charge in [-0.3, -0.25) is 24.6 Å². The van der Waals surface area contributed by atoms with Crippen LogP contribution in [0.4, 0.5) is 11.4 Å². The average Bonchev–Trinajstić information content (AvgIpc) is 2.68. The highest BCUT2D eigenvalue weighted by atomic mass is 35.5. The van der Waals surface area contributed by atoms with E-state index in [4.69, 9.17) is 11.6 Å². The minimum Gasteiger partial charge on any atom is -0.324 e. The summed E-state index contributed by atoms with van der Waals surface area (Å²) in [5, 5.41) is 14.1. The second kappa shape index (κ2) is 8.95. The molecule has 1 aliphatic heterocycles. The van der Waals surface area contributed by atoms with Gasteiger partial charge >= 0.3 is 0 Å². The first-order valence-corrected chi connectivity index (χ1v) is 9.43. The first-order valence-electron chi connectivity index (χ1n) is 9.05. The van der Waals surface area contributed by atoms with Crippen molar-refractivity contribution >= 4 is 34.7 Å². The number of carbonyl (C=O) groups excluding carboxylic acids is 2. The van der Waals surface area contributed by atoms with E-state index in [2.05, 4.69) is 10.2 Å². The van der Waals surface area contributed by atoms with Crippen molar-refractivity contribution in [3.63, 3.8) is 0 Å². The Hall–Kier alpha value is -2.77. The maximum Gasteiger partial charge on any atom is 0.270 e. The topological polar surface area (TPSA) is 92.6 Å². The minimum absolute atomic E-state index is 0.0364. The van der Waals surface area contributed by atoms with E-state index in [9.17, 15) is 19.7 Å². The van der Waals surface area contributed by atoms with E-state index in [1.54, 1.807) is 24.3 Å². The molecule has 0 atom stereocenters. The van der Waals surface area contributed by atoms with E-state index in [-0.39, 0.29) is 40.0 Å². The van der Waals surface area contributed by atoms with Crippen molar-refractivity contribution in [3.05, 3.63) is 68.7 Å². The summed E-state index contributed by atoms with van der Waals surface area (Å²) < 4.78 is 0. The zero-order valence-electron chi connectivity index (χ0n) is 15.2. The van der Waals surface area contributed by atoms with Crippen LogP contribution in [0.25, 0.3) is 0 Å². The van der Waals surface area contributed by atoms with Crippen LogP contribution >= 0.6 is 11.6 Å². The van der Waals surface area contributed by atoms with E-state index in [1.165, 1.54) is 18.2 Å². The number of nitro benzene ring substituents is 1. The molecular formula is C20H20ClN3O4. The highest BCUT2D eigenvalue weighted by Crippen LogP contribution is 2.27. The number of non-ortho nitro benzene ring substituents is 1. The lowest BCUT2D eigenvalue weighted by atomic mass is 10.0. The quantitative estimate of drug-likeness (QED) is 0.450. The fourth-order valence-corrected chi connectivity index (χ4v) is 3.46. The number of likely N-dealkylation sites (tertiary alicyclic amines) is 1. The third-order valence-corrected chi connectivity index (χ3v) is 5.00. The van der Waals surface area contributed by atoms with E-state index in [0.717, 1.165) is 32.4 Å². The molecule has 7 nitrogen and oxygen atoms in total. The van der Waals surface area contributed by atoms with E-state index >= 15 is 0 Å². The van der Waals surface area contributed by atoms with E-state index in [0.29, 0.717) is 0 Å². The first kappa shape index (κ1) is 20.0. The number of hydrogen-bond acceptors (Lipinski definition) is 5. The smallest absolute Gasteiger partial charge is 0.270 e. The number of benzene rings is 2. The zero-order chi connectivity index (χ0) is 20.1. The minimum atomic E-state index is -0.581. The van der Waals surface area contributed by atoms with Gasteiger partial charge in [-0.15, -0.1) is 0 Å². The van der Waals surface area contributed by atoms with Gasteiger partial charge < -0.3 is 5.32 Å². The number of hydrogen-bond donors (Lipinski definition) is 1. The largest absolute Gasteiger partial charge is 0.324 e. The number of amides is 1. The number of nitro groups is 1. The van der Waals surface area contributed by atoms with Gasteiger partial charge in [-0.2, -0.15) is 0 Å². The van der Waals surface area contributed by atoms with Crippen LogP contribution in [0.1, 0.15) is 35.2 Å². The molecule has 146 valence electrons. The summed E-state index contributed by atoms with van der Waals surface area (Å²) in [5.41, 5.74) is 0.257. The number of nitrogens with zero attached hydrogens (tertiary/aromatic N) is 2. The van der Waals surface area contributed by atoms with E-state index in [1.807, 2.05) is 0 Å². The number of carbonyl (C=O) groups is 2. The van der Waals surface area contributed by atoms with Gasteiger partial charge in [0.25, 0.3) is 5.69 Å². The van der Waals surface area contributed by atoms with Gasteiger partial charge in [-0.05, 0) is 44.1 Å². The predicted octanol–water partition coefficient (Wildman–Crippen LogP) is 3.90. The van der Waals surface area contributed by atoms with Crippen LogP contribution in [0.2, 0.25) is 5.02 Å². The van der Waals surface area contributed by atoms with E-state index < -0.39 is 10.7 Å². The van der Waals surface area contributed by atoms with Crippen molar-refractivity contribution in [2.75, 3.05) is 25.0 Å². The van der Waals surface area contributed by atoms with Crippen molar-refractivity contribution in [2.24, 2.45) is 0 Å². The van der Waals surface area contributed by atoms with Crippen LogP contribution in [0.3, 0.4) is 0 Å². The molecule has 1 N–H and O–H groups in total. The van der Waals surface area contributed by atoms with Crippen molar-refractivity contribution < 1.29 is 14.5 Å². The van der Waals surface area contributed by atoms with Crippen molar-refractivity contribution in [2.45, 2.75) is 19.3 Å². The van der Waals surface area contributed by atoms with Crippen molar-refractivity contribution in [3.8, 4) is 0 Å². The number of anilines is 1. The van der Waals surface area contributed by atoms with Crippen LogP contribution in [0.5, 0.6) is 0 Å². The molecule has 0 unspecified atom stereocenters. The number of nitrogens with one attached hydrogen (secondary N) is 1. The summed E-state index contributed by atoms with van der Waals surface area (Å²) in [4.78, 5) is 38.0. The Balaban J connectivity index is 1.87. The molecule has 0 bridgehead atoms. The van der Waals surface area contributed by atoms with Crippen LogP contribution in [0, 0.1) is 10.1 Å². The summed E-state index contributed by atoms with van der Waals surface area (Å²) >= 11 is 6.11. The van der Waals surface area contributed by atoms with Gasteiger partial charge in [0.1, 0.15) is 0 Å². The molecule has 0 aliphatic carbocycles. The molecule has 0 spiro atoms. The lowest BCUT2D eigenvalue weighted by molar-refractivity contribution is -0.384. The maximum absolute atomic E-state index is 13.0.